The lowest BCUT2D eigenvalue weighted by Gasteiger charge is -2.25. The van der Waals surface area contributed by atoms with E-state index in [1.54, 1.807) is 12.1 Å². The number of likely N-dealkylation sites (N-methyl/N-ethyl adjacent to an activating group) is 1. The quantitative estimate of drug-likeness (QED) is 0.337. The summed E-state index contributed by atoms with van der Waals surface area (Å²) in [5, 5.41) is 0. The number of rotatable bonds is 5. The molecule has 2 N–H and O–H groups in total. The van der Waals surface area contributed by atoms with Crippen LogP contribution in [-0.2, 0) is 21.6 Å². The zero-order chi connectivity index (χ0) is 25.5. The fraction of sp³-hybridized carbons (Fsp3) is 0.217. The molecular weight excluding hydrogens is 470 g/mol. The van der Waals surface area contributed by atoms with Crippen LogP contribution < -0.4 is 5.73 Å². The summed E-state index contributed by atoms with van der Waals surface area (Å²) >= 11 is 0. The van der Waals surface area contributed by atoms with Gasteiger partial charge in [-0.2, -0.15) is 17.6 Å². The van der Waals surface area contributed by atoms with Gasteiger partial charge in [-0.3, -0.25) is 9.69 Å². The molecule has 1 aromatic carbocycles. The first-order chi connectivity index (χ1) is 16.5. The van der Waals surface area contributed by atoms with Gasteiger partial charge >= 0.3 is 12.1 Å². The van der Waals surface area contributed by atoms with Crippen LogP contribution in [0.1, 0.15) is 21.6 Å². The van der Waals surface area contributed by atoms with Crippen molar-refractivity contribution >= 4 is 17.8 Å². The number of nitrogens with two attached hydrogens (primary N) is 1. The number of alkyl halides is 3. The van der Waals surface area contributed by atoms with Crippen molar-refractivity contribution in [2.24, 2.45) is 10.7 Å². The third kappa shape index (κ3) is 4.11. The lowest BCUT2D eigenvalue weighted by Crippen LogP contribution is -2.41. The summed E-state index contributed by atoms with van der Waals surface area (Å²) in [6, 6.07) is 10.3. The number of ether oxygens (including phenoxy) is 1. The fourth-order valence-electron chi connectivity index (χ4n) is 4.00. The van der Waals surface area contributed by atoms with Gasteiger partial charge in [0.1, 0.15) is 12.2 Å². The Morgan fingerprint density at radius 2 is 1.91 bits per heavy atom. The molecule has 3 heterocycles. The number of hydrogen-bond acceptors (Lipinski definition) is 6. The molecule has 0 fully saturated rings. The predicted octanol–water partition coefficient (Wildman–Crippen LogP) is 3.07. The standard InChI is InChI=1S/C23H19F4N5O3/c1-31-20(34)23(30-21(31)28,14-6-3-5-13(9-14)16-7-4-8-29-18(16)24)15-10-17(19(33)35-2)32(11-15)12-22(25,26)27/h3-11H,12H2,1-2H3,(H2,28,30). The van der Waals surface area contributed by atoms with Crippen molar-refractivity contribution < 1.29 is 31.9 Å². The van der Waals surface area contributed by atoms with Gasteiger partial charge in [-0.05, 0) is 35.4 Å². The first kappa shape index (κ1) is 23.9. The maximum atomic E-state index is 14.3. The van der Waals surface area contributed by atoms with Crippen LogP contribution in [0.4, 0.5) is 17.6 Å². The van der Waals surface area contributed by atoms with E-state index >= 15 is 0 Å². The van der Waals surface area contributed by atoms with Crippen molar-refractivity contribution in [1.29, 1.82) is 0 Å². The van der Waals surface area contributed by atoms with Crippen molar-refractivity contribution in [1.82, 2.24) is 14.5 Å². The molecule has 0 saturated heterocycles. The highest BCUT2D eigenvalue weighted by molar-refractivity contribution is 6.09. The van der Waals surface area contributed by atoms with Gasteiger partial charge in [0.05, 0.1) is 7.11 Å². The second-order valence-corrected chi connectivity index (χ2v) is 7.82. The number of carbonyl (C=O) groups is 2. The minimum Gasteiger partial charge on any atom is -0.464 e. The number of pyridine rings is 1. The van der Waals surface area contributed by atoms with Crippen LogP contribution in [0.2, 0.25) is 0 Å². The van der Waals surface area contributed by atoms with E-state index < -0.39 is 41.8 Å². The molecule has 182 valence electrons. The number of nitrogens with zero attached hydrogens (tertiary/aromatic N) is 4. The number of hydrogen-bond donors (Lipinski definition) is 1. The molecule has 2 aromatic heterocycles. The number of carbonyl (C=O) groups excluding carboxylic acids is 2. The summed E-state index contributed by atoms with van der Waals surface area (Å²) in [5.41, 5.74) is 4.24. The number of guanidine groups is 1. The number of esters is 1. The third-order valence-electron chi connectivity index (χ3n) is 5.65. The second kappa shape index (κ2) is 8.53. The van der Waals surface area contributed by atoms with E-state index in [9.17, 15) is 27.2 Å². The first-order valence-corrected chi connectivity index (χ1v) is 10.2. The Bertz CT molecular complexity index is 1350. The van der Waals surface area contributed by atoms with E-state index in [1.165, 1.54) is 37.5 Å². The molecule has 8 nitrogen and oxygen atoms in total. The molecular formula is C23H19F4N5O3. The van der Waals surface area contributed by atoms with Gasteiger partial charge in [0.25, 0.3) is 5.91 Å². The molecule has 0 saturated carbocycles. The number of aromatic nitrogens is 2. The van der Waals surface area contributed by atoms with E-state index in [2.05, 4.69) is 14.7 Å². The summed E-state index contributed by atoms with van der Waals surface area (Å²) < 4.78 is 59.3. The highest BCUT2D eigenvalue weighted by atomic mass is 19.4. The van der Waals surface area contributed by atoms with Crippen LogP contribution in [0.3, 0.4) is 0 Å². The maximum absolute atomic E-state index is 14.3. The van der Waals surface area contributed by atoms with Crippen molar-refractivity contribution in [2.75, 3.05) is 14.2 Å². The molecule has 1 aliphatic heterocycles. The van der Waals surface area contributed by atoms with Gasteiger partial charge in [-0.1, -0.05) is 18.2 Å². The molecule has 0 bridgehead atoms. The van der Waals surface area contributed by atoms with Crippen molar-refractivity contribution in [2.45, 2.75) is 18.3 Å². The minimum absolute atomic E-state index is 0.0386. The first-order valence-electron chi connectivity index (χ1n) is 10.2. The fourth-order valence-corrected chi connectivity index (χ4v) is 4.00. The summed E-state index contributed by atoms with van der Waals surface area (Å²) in [6.45, 7) is -1.50. The van der Waals surface area contributed by atoms with Crippen molar-refractivity contribution in [3.63, 3.8) is 0 Å². The largest absolute Gasteiger partial charge is 0.464 e. The van der Waals surface area contributed by atoms with E-state index in [1.807, 2.05) is 0 Å². The van der Waals surface area contributed by atoms with Crippen LogP contribution in [0.5, 0.6) is 0 Å². The summed E-state index contributed by atoms with van der Waals surface area (Å²) in [7, 11) is 2.39. The van der Waals surface area contributed by atoms with Gasteiger partial charge in [-0.25, -0.2) is 14.8 Å². The number of methoxy groups -OCH3 is 1. The Balaban J connectivity index is 1.96. The summed E-state index contributed by atoms with van der Waals surface area (Å²) in [4.78, 5) is 34.8. The Kier molecular flexibility index (Phi) is 5.83. The van der Waals surface area contributed by atoms with Crippen LogP contribution in [0.15, 0.2) is 59.9 Å². The van der Waals surface area contributed by atoms with Gasteiger partial charge < -0.3 is 15.0 Å². The molecule has 1 amide bonds. The van der Waals surface area contributed by atoms with E-state index in [0.717, 1.165) is 24.3 Å². The SMILES string of the molecule is COC(=O)c1cc(C2(c3cccc(-c4cccnc4F)c3)N=C(N)N(C)C2=O)cn1CC(F)(F)F. The number of amides is 1. The third-order valence-corrected chi connectivity index (χ3v) is 5.65. The molecule has 1 unspecified atom stereocenters. The molecule has 1 aliphatic rings. The van der Waals surface area contributed by atoms with Crippen LogP contribution in [0.25, 0.3) is 11.1 Å². The normalized spacial score (nSPS) is 18.1. The molecule has 4 rings (SSSR count). The summed E-state index contributed by atoms with van der Waals surface area (Å²) in [5.74, 6) is -2.63. The molecule has 0 spiro atoms. The number of aliphatic imine (C=N–C) groups is 1. The lowest BCUT2D eigenvalue weighted by molar-refractivity contribution is -0.140. The number of halogens is 4. The zero-order valence-corrected chi connectivity index (χ0v) is 18.5. The van der Waals surface area contributed by atoms with Gasteiger partial charge in [-0.15, -0.1) is 0 Å². The monoisotopic (exact) mass is 489 g/mol. The molecule has 3 aromatic rings. The Morgan fingerprint density at radius 1 is 1.17 bits per heavy atom. The zero-order valence-electron chi connectivity index (χ0n) is 18.5. The van der Waals surface area contributed by atoms with Gasteiger partial charge in [0.15, 0.2) is 11.5 Å². The minimum atomic E-state index is -4.66. The van der Waals surface area contributed by atoms with Crippen molar-refractivity contribution in [3.8, 4) is 11.1 Å². The van der Waals surface area contributed by atoms with E-state index in [0.29, 0.717) is 10.1 Å². The highest BCUT2D eigenvalue weighted by Crippen LogP contribution is 2.41. The molecule has 0 radical (unpaired) electrons. The average molecular weight is 489 g/mol. The second-order valence-electron chi connectivity index (χ2n) is 7.82. The van der Waals surface area contributed by atoms with E-state index in [-0.39, 0.29) is 22.6 Å². The lowest BCUT2D eigenvalue weighted by atomic mass is 9.83. The smallest absolute Gasteiger partial charge is 0.406 e. The van der Waals surface area contributed by atoms with Crippen LogP contribution in [0, 0.1) is 5.95 Å². The van der Waals surface area contributed by atoms with Crippen LogP contribution in [-0.4, -0.2) is 52.6 Å². The van der Waals surface area contributed by atoms with E-state index in [4.69, 9.17) is 5.73 Å². The Labute approximate surface area is 196 Å². The molecule has 35 heavy (non-hydrogen) atoms. The predicted molar refractivity (Wildman–Crippen MR) is 117 cm³/mol. The molecule has 12 heteroatoms. The van der Waals surface area contributed by atoms with Crippen molar-refractivity contribution in [3.05, 3.63) is 77.6 Å². The molecule has 0 aliphatic carbocycles. The Hall–Kier alpha value is -4.22. The maximum Gasteiger partial charge on any atom is 0.406 e. The van der Waals surface area contributed by atoms with Gasteiger partial charge in [0, 0.05) is 30.6 Å². The topological polar surface area (TPSA) is 103 Å². The average Bonchev–Trinajstić information content (AvgIpc) is 3.32. The summed E-state index contributed by atoms with van der Waals surface area (Å²) in [6.07, 6.45) is -2.37. The van der Waals surface area contributed by atoms with Crippen LogP contribution >= 0.6 is 0 Å². The molecule has 1 atom stereocenters. The van der Waals surface area contributed by atoms with Gasteiger partial charge in [0.2, 0.25) is 5.95 Å². The Morgan fingerprint density at radius 3 is 2.51 bits per heavy atom. The highest BCUT2D eigenvalue weighted by Gasteiger charge is 2.51. The number of benzene rings is 1.